The van der Waals surface area contributed by atoms with Gasteiger partial charge in [0.1, 0.15) is 11.6 Å². The summed E-state index contributed by atoms with van der Waals surface area (Å²) in [6, 6.07) is 14.8. The molecule has 1 aliphatic heterocycles. The Morgan fingerprint density at radius 1 is 1.16 bits per heavy atom. The smallest absolute Gasteiger partial charge is 0.192 e. The molecule has 7 nitrogen and oxygen atoms in total. The molecule has 4 rings (SSSR count). The fourth-order valence-corrected chi connectivity index (χ4v) is 3.76. The minimum absolute atomic E-state index is 0.136. The molecule has 31 heavy (non-hydrogen) atoms. The zero-order chi connectivity index (χ0) is 21.8. The zero-order valence-corrected chi connectivity index (χ0v) is 18.6. The van der Waals surface area contributed by atoms with E-state index in [1.54, 1.807) is 0 Å². The largest absolute Gasteiger partial charge is 0.493 e. The number of rotatable bonds is 5. The van der Waals surface area contributed by atoms with E-state index in [9.17, 15) is 0 Å². The molecule has 0 aliphatic carbocycles. The van der Waals surface area contributed by atoms with Crippen LogP contribution in [0, 0.1) is 20.8 Å². The fraction of sp³-hybridized carbons (Fsp3) is 0.375. The SMILES string of the molecule is Cc1ccc(CN=C(NCc2nnc(C)n2C)NC2CCOc3ccccc32)c(C)c1. The highest BCUT2D eigenvalue weighted by molar-refractivity contribution is 5.80. The third-order valence-corrected chi connectivity index (χ3v) is 5.77. The van der Waals surface area contributed by atoms with Gasteiger partial charge in [-0.3, -0.25) is 0 Å². The van der Waals surface area contributed by atoms with Crippen LogP contribution in [-0.4, -0.2) is 27.3 Å². The molecule has 2 aromatic carbocycles. The number of ether oxygens (including phenoxy) is 1. The van der Waals surface area contributed by atoms with Crippen LogP contribution in [0.15, 0.2) is 47.5 Å². The first-order valence-electron chi connectivity index (χ1n) is 10.7. The Labute approximate surface area is 183 Å². The van der Waals surface area contributed by atoms with Crippen LogP contribution in [0.4, 0.5) is 0 Å². The number of nitrogens with zero attached hydrogens (tertiary/aromatic N) is 4. The number of aryl methyl sites for hydroxylation is 3. The molecule has 1 aliphatic rings. The van der Waals surface area contributed by atoms with Crippen LogP contribution in [0.3, 0.4) is 0 Å². The molecule has 2 N–H and O–H groups in total. The molecule has 0 amide bonds. The van der Waals surface area contributed by atoms with E-state index in [0.29, 0.717) is 19.7 Å². The van der Waals surface area contributed by atoms with Crippen LogP contribution in [0.25, 0.3) is 0 Å². The summed E-state index contributed by atoms with van der Waals surface area (Å²) in [5.41, 5.74) is 4.89. The van der Waals surface area contributed by atoms with E-state index in [-0.39, 0.29) is 6.04 Å². The van der Waals surface area contributed by atoms with Crippen LogP contribution < -0.4 is 15.4 Å². The Morgan fingerprint density at radius 3 is 2.77 bits per heavy atom. The summed E-state index contributed by atoms with van der Waals surface area (Å²) in [6.07, 6.45) is 0.879. The van der Waals surface area contributed by atoms with Gasteiger partial charge in [-0.05, 0) is 38.0 Å². The Bertz CT molecular complexity index is 1090. The number of para-hydroxylation sites is 1. The third kappa shape index (κ3) is 4.87. The van der Waals surface area contributed by atoms with Crippen molar-refractivity contribution >= 4 is 5.96 Å². The van der Waals surface area contributed by atoms with Crippen LogP contribution in [-0.2, 0) is 20.1 Å². The first kappa shape index (κ1) is 20.9. The Hall–Kier alpha value is -3.35. The molecule has 0 bridgehead atoms. The number of guanidine groups is 1. The highest BCUT2D eigenvalue weighted by Crippen LogP contribution is 2.31. The van der Waals surface area contributed by atoms with Gasteiger partial charge in [-0.25, -0.2) is 4.99 Å². The molecule has 2 heterocycles. The normalized spacial score (nSPS) is 15.9. The van der Waals surface area contributed by atoms with Gasteiger partial charge in [0.05, 0.1) is 25.7 Å². The zero-order valence-electron chi connectivity index (χ0n) is 18.6. The van der Waals surface area contributed by atoms with Gasteiger partial charge in [-0.1, -0.05) is 42.0 Å². The van der Waals surface area contributed by atoms with Crippen LogP contribution in [0.2, 0.25) is 0 Å². The van der Waals surface area contributed by atoms with Gasteiger partial charge in [0, 0.05) is 19.0 Å². The lowest BCUT2D eigenvalue weighted by Gasteiger charge is -2.28. The third-order valence-electron chi connectivity index (χ3n) is 5.77. The van der Waals surface area contributed by atoms with Gasteiger partial charge >= 0.3 is 0 Å². The summed E-state index contributed by atoms with van der Waals surface area (Å²) in [5, 5.41) is 15.5. The molecule has 3 aromatic rings. The molecular formula is C24H30N6O. The molecular weight excluding hydrogens is 388 g/mol. The molecule has 0 radical (unpaired) electrons. The van der Waals surface area contributed by atoms with Crippen molar-refractivity contribution in [1.29, 1.82) is 0 Å². The van der Waals surface area contributed by atoms with E-state index in [4.69, 9.17) is 9.73 Å². The lowest BCUT2D eigenvalue weighted by atomic mass is 10.0. The molecule has 0 saturated heterocycles. The average molecular weight is 419 g/mol. The maximum absolute atomic E-state index is 5.82. The number of hydrogen-bond acceptors (Lipinski definition) is 4. The van der Waals surface area contributed by atoms with Crippen molar-refractivity contribution in [3.05, 3.63) is 76.4 Å². The second kappa shape index (κ2) is 9.20. The summed E-state index contributed by atoms with van der Waals surface area (Å²) in [5.74, 6) is 3.44. The van der Waals surface area contributed by atoms with Gasteiger partial charge in [0.15, 0.2) is 11.8 Å². The van der Waals surface area contributed by atoms with Crippen LogP contribution >= 0.6 is 0 Å². The lowest BCUT2D eigenvalue weighted by molar-refractivity contribution is 0.261. The summed E-state index contributed by atoms with van der Waals surface area (Å²) in [4.78, 5) is 4.90. The summed E-state index contributed by atoms with van der Waals surface area (Å²) in [6.45, 7) is 8.02. The van der Waals surface area contributed by atoms with Gasteiger partial charge in [0.2, 0.25) is 0 Å². The molecule has 0 spiro atoms. The number of aliphatic imine (C=N–C) groups is 1. The number of hydrogen-bond donors (Lipinski definition) is 2. The topological polar surface area (TPSA) is 76.4 Å². The first-order valence-corrected chi connectivity index (χ1v) is 10.7. The number of fused-ring (bicyclic) bond motifs is 1. The van der Waals surface area contributed by atoms with Crippen molar-refractivity contribution in [2.75, 3.05) is 6.61 Å². The van der Waals surface area contributed by atoms with Crippen LogP contribution in [0.1, 0.15) is 46.4 Å². The minimum atomic E-state index is 0.136. The van der Waals surface area contributed by atoms with Gasteiger partial charge in [0.25, 0.3) is 0 Å². The lowest BCUT2D eigenvalue weighted by Crippen LogP contribution is -2.41. The molecule has 1 unspecified atom stereocenters. The second-order valence-electron chi connectivity index (χ2n) is 8.04. The van der Waals surface area contributed by atoms with Crippen molar-refractivity contribution in [2.45, 2.75) is 46.3 Å². The number of nitrogens with one attached hydrogen (secondary N) is 2. The van der Waals surface area contributed by atoms with E-state index >= 15 is 0 Å². The predicted octanol–water partition coefficient (Wildman–Crippen LogP) is 3.50. The van der Waals surface area contributed by atoms with E-state index in [1.165, 1.54) is 16.7 Å². The number of aromatic nitrogens is 3. The summed E-state index contributed by atoms with van der Waals surface area (Å²) >= 11 is 0. The van der Waals surface area contributed by atoms with Gasteiger partial charge < -0.3 is 19.9 Å². The Balaban J connectivity index is 1.55. The van der Waals surface area contributed by atoms with Crippen molar-refractivity contribution < 1.29 is 4.74 Å². The molecule has 0 fully saturated rings. The summed E-state index contributed by atoms with van der Waals surface area (Å²) < 4.78 is 7.80. The molecule has 7 heteroatoms. The standard InChI is InChI=1S/C24H30N6O/c1-16-9-10-19(17(2)13-16)14-25-24(26-15-23-29-28-18(3)30(23)4)27-21-11-12-31-22-8-6-5-7-20(21)22/h5-10,13,21H,11-12,14-15H2,1-4H3,(H2,25,26,27). The Morgan fingerprint density at radius 2 is 2.00 bits per heavy atom. The number of benzene rings is 2. The van der Waals surface area contributed by atoms with Crippen molar-refractivity contribution in [2.24, 2.45) is 12.0 Å². The summed E-state index contributed by atoms with van der Waals surface area (Å²) in [7, 11) is 1.97. The minimum Gasteiger partial charge on any atom is -0.493 e. The first-order chi connectivity index (χ1) is 15.0. The van der Waals surface area contributed by atoms with Crippen molar-refractivity contribution in [3.63, 3.8) is 0 Å². The fourth-order valence-electron chi connectivity index (χ4n) is 3.76. The molecule has 1 aromatic heterocycles. The average Bonchev–Trinajstić information content (AvgIpc) is 3.09. The highest BCUT2D eigenvalue weighted by atomic mass is 16.5. The highest BCUT2D eigenvalue weighted by Gasteiger charge is 2.22. The van der Waals surface area contributed by atoms with Crippen molar-refractivity contribution in [3.8, 4) is 5.75 Å². The van der Waals surface area contributed by atoms with E-state index < -0.39 is 0 Å². The predicted molar refractivity (Wildman–Crippen MR) is 122 cm³/mol. The van der Waals surface area contributed by atoms with Gasteiger partial charge in [-0.2, -0.15) is 0 Å². The molecule has 162 valence electrons. The van der Waals surface area contributed by atoms with Crippen LogP contribution in [0.5, 0.6) is 5.75 Å². The van der Waals surface area contributed by atoms with E-state index in [2.05, 4.69) is 58.9 Å². The maximum atomic E-state index is 5.82. The monoisotopic (exact) mass is 418 g/mol. The van der Waals surface area contributed by atoms with Crippen molar-refractivity contribution in [1.82, 2.24) is 25.4 Å². The van der Waals surface area contributed by atoms with E-state index in [1.807, 2.05) is 36.7 Å². The second-order valence-corrected chi connectivity index (χ2v) is 8.04. The maximum Gasteiger partial charge on any atom is 0.192 e. The molecule has 1 atom stereocenters. The quantitative estimate of drug-likeness (QED) is 0.490. The Kier molecular flexibility index (Phi) is 6.21. The van der Waals surface area contributed by atoms with E-state index in [0.717, 1.165) is 35.3 Å². The molecule has 0 saturated carbocycles. The van der Waals surface area contributed by atoms with Gasteiger partial charge in [-0.15, -0.1) is 10.2 Å².